The lowest BCUT2D eigenvalue weighted by Crippen LogP contribution is -2.63. The van der Waals surface area contributed by atoms with E-state index in [2.05, 4.69) is 0 Å². The quantitative estimate of drug-likeness (QED) is 0.736. The molecule has 1 unspecified atom stereocenters. The highest BCUT2D eigenvalue weighted by Gasteiger charge is 2.46. The van der Waals surface area contributed by atoms with E-state index in [1.54, 1.807) is 6.08 Å². The number of hydrogen-bond acceptors (Lipinski definition) is 4. The zero-order valence-corrected chi connectivity index (χ0v) is 13.7. The maximum absolute atomic E-state index is 12.4. The molecule has 2 heterocycles. The second kappa shape index (κ2) is 6.46. The van der Waals surface area contributed by atoms with E-state index in [1.807, 2.05) is 43.8 Å². The van der Waals surface area contributed by atoms with Gasteiger partial charge in [-0.15, -0.1) is 0 Å². The summed E-state index contributed by atoms with van der Waals surface area (Å²) in [6.07, 6.45) is 5.55. The van der Waals surface area contributed by atoms with E-state index in [9.17, 15) is 4.79 Å². The van der Waals surface area contributed by atoms with Gasteiger partial charge in [-0.25, -0.2) is 0 Å². The molecule has 0 aromatic rings. The molecule has 2 saturated heterocycles. The number of hydrogen-bond donors (Lipinski definition) is 0. The van der Waals surface area contributed by atoms with Crippen LogP contribution < -0.4 is 0 Å². The van der Waals surface area contributed by atoms with Crippen molar-refractivity contribution in [3.05, 3.63) is 12.2 Å². The Morgan fingerprint density at radius 3 is 2.71 bits per heavy atom. The van der Waals surface area contributed by atoms with Gasteiger partial charge in [0.25, 0.3) is 0 Å². The number of carbonyl (C=O) groups is 1. The number of ether oxygens (including phenoxy) is 2. The lowest BCUT2D eigenvalue weighted by atomic mass is 9.90. The fourth-order valence-corrected chi connectivity index (χ4v) is 3.17. The second-order valence-corrected chi connectivity index (χ2v) is 7.06. The van der Waals surface area contributed by atoms with Gasteiger partial charge in [-0.3, -0.25) is 4.79 Å². The van der Waals surface area contributed by atoms with Gasteiger partial charge in [0.05, 0.1) is 18.8 Å². The highest BCUT2D eigenvalue weighted by Crippen LogP contribution is 2.34. The lowest BCUT2D eigenvalue weighted by molar-refractivity contribution is -0.231. The molecule has 120 valence electrons. The Bertz CT molecular complexity index is 398. The summed E-state index contributed by atoms with van der Waals surface area (Å²) in [4.78, 5) is 16.4. The predicted molar refractivity (Wildman–Crippen MR) is 82.2 cm³/mol. The number of rotatable bonds is 3. The van der Waals surface area contributed by atoms with Crippen LogP contribution in [0, 0.1) is 0 Å². The molecule has 2 fully saturated rings. The highest BCUT2D eigenvalue weighted by molar-refractivity contribution is 5.87. The number of likely N-dealkylation sites (N-methyl/N-ethyl adjacent to an activating group) is 1. The molecule has 0 N–H and O–H groups in total. The van der Waals surface area contributed by atoms with Crippen molar-refractivity contribution in [2.45, 2.75) is 37.9 Å². The van der Waals surface area contributed by atoms with Gasteiger partial charge in [0.1, 0.15) is 5.60 Å². The van der Waals surface area contributed by atoms with Crippen LogP contribution in [-0.2, 0) is 14.3 Å². The first-order valence-corrected chi connectivity index (χ1v) is 7.70. The van der Waals surface area contributed by atoms with Crippen molar-refractivity contribution in [2.75, 3.05) is 46.9 Å². The third-order valence-electron chi connectivity index (χ3n) is 3.87. The molecule has 5 nitrogen and oxygen atoms in total. The number of nitrogens with zero attached hydrogens (tertiary/aromatic N) is 2. The third kappa shape index (κ3) is 4.53. The lowest BCUT2D eigenvalue weighted by Gasteiger charge is -2.51. The number of morpholine rings is 1. The van der Waals surface area contributed by atoms with Crippen molar-refractivity contribution in [1.82, 2.24) is 9.80 Å². The molecule has 21 heavy (non-hydrogen) atoms. The van der Waals surface area contributed by atoms with E-state index >= 15 is 0 Å². The van der Waals surface area contributed by atoms with Crippen LogP contribution in [0.15, 0.2) is 12.2 Å². The summed E-state index contributed by atoms with van der Waals surface area (Å²) in [7, 11) is 3.97. The van der Waals surface area contributed by atoms with Crippen molar-refractivity contribution in [1.29, 1.82) is 0 Å². The monoisotopic (exact) mass is 296 g/mol. The summed E-state index contributed by atoms with van der Waals surface area (Å²) >= 11 is 0. The highest BCUT2D eigenvalue weighted by atomic mass is 16.6. The molecular weight excluding hydrogens is 268 g/mol. The maximum Gasteiger partial charge on any atom is 0.246 e. The zero-order valence-electron chi connectivity index (χ0n) is 13.7. The van der Waals surface area contributed by atoms with Gasteiger partial charge in [0.15, 0.2) is 0 Å². The maximum atomic E-state index is 12.4. The molecule has 0 aromatic carbocycles. The molecular formula is C16H28N2O3. The van der Waals surface area contributed by atoms with Crippen LogP contribution in [-0.4, -0.2) is 73.9 Å². The van der Waals surface area contributed by atoms with E-state index in [1.165, 1.54) is 0 Å². The summed E-state index contributed by atoms with van der Waals surface area (Å²) < 4.78 is 11.9. The Morgan fingerprint density at radius 2 is 2.10 bits per heavy atom. The molecule has 0 aromatic heterocycles. The van der Waals surface area contributed by atoms with Crippen LogP contribution >= 0.6 is 0 Å². The molecule has 0 aliphatic carbocycles. The second-order valence-electron chi connectivity index (χ2n) is 7.06. The van der Waals surface area contributed by atoms with Gasteiger partial charge in [-0.2, -0.15) is 0 Å². The molecule has 1 amide bonds. The Labute approximate surface area is 127 Å². The molecule has 1 spiro atoms. The summed E-state index contributed by atoms with van der Waals surface area (Å²) in [6.45, 7) is 7.50. The summed E-state index contributed by atoms with van der Waals surface area (Å²) in [5.41, 5.74) is -0.658. The fourth-order valence-electron chi connectivity index (χ4n) is 3.17. The summed E-state index contributed by atoms with van der Waals surface area (Å²) in [5.74, 6) is 0.0678. The van der Waals surface area contributed by atoms with Gasteiger partial charge < -0.3 is 19.3 Å². The topological polar surface area (TPSA) is 42.0 Å². The van der Waals surface area contributed by atoms with Crippen molar-refractivity contribution in [2.24, 2.45) is 0 Å². The number of amides is 1. The average molecular weight is 296 g/mol. The van der Waals surface area contributed by atoms with Gasteiger partial charge in [0.2, 0.25) is 5.91 Å². The standard InChI is InChI=1S/C16H28N2O3/c1-15(2)11-18(14(19)7-5-9-17(3)4)12-16(21-15)8-6-10-20-13-16/h5,7H,6,8-13H2,1-4H3/b7-5+. The summed E-state index contributed by atoms with van der Waals surface area (Å²) in [5, 5.41) is 0. The molecule has 1 atom stereocenters. The van der Waals surface area contributed by atoms with E-state index in [-0.39, 0.29) is 17.1 Å². The molecule has 0 radical (unpaired) electrons. The van der Waals surface area contributed by atoms with Gasteiger partial charge in [0, 0.05) is 25.8 Å². The Hall–Kier alpha value is -0.910. The molecule has 5 heteroatoms. The molecule has 2 rings (SSSR count). The normalized spacial score (nSPS) is 29.5. The average Bonchev–Trinajstić information content (AvgIpc) is 2.36. The Morgan fingerprint density at radius 1 is 1.33 bits per heavy atom. The minimum absolute atomic E-state index is 0.0678. The number of carbonyl (C=O) groups excluding carboxylic acids is 1. The third-order valence-corrected chi connectivity index (χ3v) is 3.87. The van der Waals surface area contributed by atoms with Gasteiger partial charge >= 0.3 is 0 Å². The first-order valence-electron chi connectivity index (χ1n) is 7.70. The van der Waals surface area contributed by atoms with E-state index in [4.69, 9.17) is 9.47 Å². The molecule has 0 bridgehead atoms. The SMILES string of the molecule is CN(C)C/C=C/C(=O)N1CC(C)(C)OC2(CCCOC2)C1. The van der Waals surface area contributed by atoms with Crippen molar-refractivity contribution in [3.8, 4) is 0 Å². The molecule has 2 aliphatic rings. The minimum Gasteiger partial charge on any atom is -0.378 e. The Kier molecular flexibility index (Phi) is 5.07. The van der Waals surface area contributed by atoms with Crippen molar-refractivity contribution < 1.29 is 14.3 Å². The van der Waals surface area contributed by atoms with E-state index in [0.717, 1.165) is 26.0 Å². The zero-order chi connectivity index (χ0) is 15.5. The minimum atomic E-state index is -0.329. The van der Waals surface area contributed by atoms with Crippen LogP contribution in [0.3, 0.4) is 0 Å². The largest absolute Gasteiger partial charge is 0.378 e. The van der Waals surface area contributed by atoms with Crippen LogP contribution in [0.5, 0.6) is 0 Å². The molecule has 0 saturated carbocycles. The first kappa shape index (κ1) is 16.5. The van der Waals surface area contributed by atoms with Crippen LogP contribution in [0.1, 0.15) is 26.7 Å². The van der Waals surface area contributed by atoms with Crippen LogP contribution in [0.2, 0.25) is 0 Å². The molecule has 2 aliphatic heterocycles. The van der Waals surface area contributed by atoms with Gasteiger partial charge in [-0.1, -0.05) is 6.08 Å². The smallest absolute Gasteiger partial charge is 0.246 e. The van der Waals surface area contributed by atoms with Gasteiger partial charge in [-0.05, 0) is 40.8 Å². The van der Waals surface area contributed by atoms with E-state index < -0.39 is 0 Å². The predicted octanol–water partition coefficient (Wildman–Crippen LogP) is 1.29. The first-order chi connectivity index (χ1) is 9.82. The van der Waals surface area contributed by atoms with Crippen LogP contribution in [0.25, 0.3) is 0 Å². The fraction of sp³-hybridized carbons (Fsp3) is 0.812. The summed E-state index contributed by atoms with van der Waals surface area (Å²) in [6, 6.07) is 0. The van der Waals surface area contributed by atoms with Crippen molar-refractivity contribution >= 4 is 5.91 Å². The van der Waals surface area contributed by atoms with E-state index in [0.29, 0.717) is 19.7 Å². The Balaban J connectivity index is 2.04. The van der Waals surface area contributed by atoms with Crippen molar-refractivity contribution in [3.63, 3.8) is 0 Å². The van der Waals surface area contributed by atoms with Crippen LogP contribution in [0.4, 0.5) is 0 Å².